The van der Waals surface area contributed by atoms with Crippen LogP contribution in [0.1, 0.15) is 32.3 Å². The minimum atomic E-state index is -0.384. The lowest BCUT2D eigenvalue weighted by molar-refractivity contribution is 0.184. The lowest BCUT2D eigenvalue weighted by Gasteiger charge is -2.17. The summed E-state index contributed by atoms with van der Waals surface area (Å²) in [5, 5.41) is 0. The van der Waals surface area contributed by atoms with E-state index in [0.29, 0.717) is 11.4 Å². The number of benzene rings is 1. The molecule has 0 fully saturated rings. The maximum Gasteiger partial charge on any atom is 0.167 e. The number of nitrogens with two attached hydrogens (primary N) is 1. The van der Waals surface area contributed by atoms with Gasteiger partial charge in [-0.2, -0.15) is 0 Å². The van der Waals surface area contributed by atoms with Crippen LogP contribution in [0.15, 0.2) is 12.1 Å². The van der Waals surface area contributed by atoms with Crippen molar-refractivity contribution in [3.05, 3.63) is 23.5 Å². The van der Waals surface area contributed by atoms with Gasteiger partial charge in [-0.05, 0) is 31.4 Å². The van der Waals surface area contributed by atoms with Crippen LogP contribution in [0.4, 0.5) is 10.1 Å². The van der Waals surface area contributed by atoms with Crippen molar-refractivity contribution in [1.82, 2.24) is 0 Å². The Bertz CT molecular complexity index is 335. The molecule has 0 saturated heterocycles. The van der Waals surface area contributed by atoms with Crippen LogP contribution in [0.5, 0.6) is 5.75 Å². The number of ether oxygens (including phenoxy) is 1. The van der Waals surface area contributed by atoms with Crippen molar-refractivity contribution in [2.45, 2.75) is 39.7 Å². The van der Waals surface area contributed by atoms with E-state index in [9.17, 15) is 4.39 Å². The molecule has 0 atom stereocenters. The zero-order valence-electron chi connectivity index (χ0n) is 9.51. The van der Waals surface area contributed by atoms with Gasteiger partial charge < -0.3 is 10.5 Å². The highest BCUT2D eigenvalue weighted by molar-refractivity contribution is 5.50. The second-order valence-electron chi connectivity index (χ2n) is 3.70. The number of nitrogen functional groups attached to an aromatic ring is 1. The molecule has 0 saturated carbocycles. The molecule has 1 aromatic carbocycles. The number of hydrogen-bond donors (Lipinski definition) is 1. The average molecular weight is 211 g/mol. The Balaban J connectivity index is 2.89. The van der Waals surface area contributed by atoms with Gasteiger partial charge in [0.2, 0.25) is 0 Å². The Hall–Kier alpha value is -1.25. The highest BCUT2D eigenvalue weighted by atomic mass is 19.1. The molecule has 2 N–H and O–H groups in total. The normalized spacial score (nSPS) is 10.7. The van der Waals surface area contributed by atoms with Gasteiger partial charge in [-0.25, -0.2) is 4.39 Å². The van der Waals surface area contributed by atoms with E-state index in [0.717, 1.165) is 18.4 Å². The molecule has 0 bridgehead atoms. The van der Waals surface area contributed by atoms with E-state index in [1.807, 2.05) is 20.8 Å². The van der Waals surface area contributed by atoms with Crippen LogP contribution in [0.2, 0.25) is 0 Å². The highest BCUT2D eigenvalue weighted by Crippen LogP contribution is 2.25. The fourth-order valence-corrected chi connectivity index (χ4v) is 1.40. The highest BCUT2D eigenvalue weighted by Gasteiger charge is 2.11. The van der Waals surface area contributed by atoms with Gasteiger partial charge in [0.05, 0.1) is 6.10 Å². The van der Waals surface area contributed by atoms with Crippen LogP contribution in [-0.4, -0.2) is 6.10 Å². The monoisotopic (exact) mass is 211 g/mol. The van der Waals surface area contributed by atoms with Gasteiger partial charge in [-0.3, -0.25) is 0 Å². The molecular formula is C12H18FNO. The van der Waals surface area contributed by atoms with Crippen molar-refractivity contribution in [3.8, 4) is 5.75 Å². The molecule has 0 aliphatic heterocycles. The van der Waals surface area contributed by atoms with Crippen LogP contribution < -0.4 is 10.5 Å². The van der Waals surface area contributed by atoms with E-state index in [2.05, 4.69) is 0 Å². The molecule has 3 heteroatoms. The quantitative estimate of drug-likeness (QED) is 0.776. The standard InChI is InChI=1S/C12H18FNO/c1-4-9(5-2)15-12-6-8(3)11(14)7-10(12)13/h6-7,9H,4-5,14H2,1-3H3. The summed E-state index contributed by atoms with van der Waals surface area (Å²) in [6.45, 7) is 5.89. The Labute approximate surface area is 90.2 Å². The first-order valence-corrected chi connectivity index (χ1v) is 5.30. The summed E-state index contributed by atoms with van der Waals surface area (Å²) < 4.78 is 19.0. The fourth-order valence-electron chi connectivity index (χ4n) is 1.40. The Morgan fingerprint density at radius 1 is 1.33 bits per heavy atom. The molecule has 1 rings (SSSR count). The minimum absolute atomic E-state index is 0.0718. The molecule has 0 amide bonds. The Morgan fingerprint density at radius 2 is 1.93 bits per heavy atom. The number of halogens is 1. The third-order valence-electron chi connectivity index (χ3n) is 2.52. The van der Waals surface area contributed by atoms with E-state index in [-0.39, 0.29) is 11.9 Å². The van der Waals surface area contributed by atoms with Gasteiger partial charge in [-0.1, -0.05) is 13.8 Å². The van der Waals surface area contributed by atoms with Gasteiger partial charge in [0.15, 0.2) is 11.6 Å². The summed E-state index contributed by atoms with van der Waals surface area (Å²) in [5.41, 5.74) is 6.90. The van der Waals surface area contributed by atoms with Crippen LogP contribution in [0.3, 0.4) is 0 Å². The van der Waals surface area contributed by atoms with Crippen LogP contribution in [0.25, 0.3) is 0 Å². The number of anilines is 1. The van der Waals surface area contributed by atoms with E-state index in [1.54, 1.807) is 6.07 Å². The lowest BCUT2D eigenvalue weighted by atomic mass is 10.1. The van der Waals surface area contributed by atoms with Crippen molar-refractivity contribution >= 4 is 5.69 Å². The molecule has 1 aromatic rings. The molecule has 0 radical (unpaired) electrons. The maximum atomic E-state index is 13.5. The summed E-state index contributed by atoms with van der Waals surface area (Å²) in [4.78, 5) is 0. The molecule has 0 aliphatic rings. The van der Waals surface area contributed by atoms with Crippen LogP contribution in [-0.2, 0) is 0 Å². The van der Waals surface area contributed by atoms with Crippen molar-refractivity contribution in [2.24, 2.45) is 0 Å². The van der Waals surface area contributed by atoms with E-state index in [4.69, 9.17) is 10.5 Å². The zero-order chi connectivity index (χ0) is 11.4. The molecule has 84 valence electrons. The second-order valence-corrected chi connectivity index (χ2v) is 3.70. The Morgan fingerprint density at radius 3 is 2.47 bits per heavy atom. The third kappa shape index (κ3) is 2.85. The van der Waals surface area contributed by atoms with E-state index < -0.39 is 0 Å². The first kappa shape index (κ1) is 11.8. The third-order valence-corrected chi connectivity index (χ3v) is 2.52. The van der Waals surface area contributed by atoms with Gasteiger partial charge in [0, 0.05) is 11.8 Å². The maximum absolute atomic E-state index is 13.5. The summed E-state index contributed by atoms with van der Waals surface area (Å²) in [6.07, 6.45) is 1.82. The smallest absolute Gasteiger partial charge is 0.167 e. The molecule has 0 aromatic heterocycles. The average Bonchev–Trinajstić information content (AvgIpc) is 2.21. The molecule has 0 heterocycles. The van der Waals surface area contributed by atoms with Crippen LogP contribution >= 0.6 is 0 Å². The van der Waals surface area contributed by atoms with Gasteiger partial charge in [0.1, 0.15) is 0 Å². The zero-order valence-corrected chi connectivity index (χ0v) is 9.51. The summed E-state index contributed by atoms with van der Waals surface area (Å²) in [6, 6.07) is 2.97. The largest absolute Gasteiger partial charge is 0.487 e. The molecule has 15 heavy (non-hydrogen) atoms. The topological polar surface area (TPSA) is 35.2 Å². The number of hydrogen-bond acceptors (Lipinski definition) is 2. The van der Waals surface area contributed by atoms with Gasteiger partial charge >= 0.3 is 0 Å². The molecule has 0 aliphatic carbocycles. The molecular weight excluding hydrogens is 193 g/mol. The molecule has 0 unspecified atom stereocenters. The SMILES string of the molecule is CCC(CC)Oc1cc(C)c(N)cc1F. The van der Waals surface area contributed by atoms with Gasteiger partial charge in [-0.15, -0.1) is 0 Å². The molecule has 0 spiro atoms. The van der Waals surface area contributed by atoms with Crippen LogP contribution in [0, 0.1) is 12.7 Å². The predicted octanol–water partition coefficient (Wildman–Crippen LogP) is 3.28. The van der Waals surface area contributed by atoms with Crippen molar-refractivity contribution in [1.29, 1.82) is 0 Å². The minimum Gasteiger partial charge on any atom is -0.487 e. The number of aryl methyl sites for hydroxylation is 1. The fraction of sp³-hybridized carbons (Fsp3) is 0.500. The first-order valence-electron chi connectivity index (χ1n) is 5.30. The van der Waals surface area contributed by atoms with E-state index >= 15 is 0 Å². The van der Waals surface area contributed by atoms with Crippen molar-refractivity contribution in [2.75, 3.05) is 5.73 Å². The summed E-state index contributed by atoms with van der Waals surface area (Å²) in [7, 11) is 0. The first-order chi connectivity index (χ1) is 7.08. The van der Waals surface area contributed by atoms with Crippen molar-refractivity contribution < 1.29 is 9.13 Å². The molecule has 2 nitrogen and oxygen atoms in total. The lowest BCUT2D eigenvalue weighted by Crippen LogP contribution is -2.14. The van der Waals surface area contributed by atoms with E-state index in [1.165, 1.54) is 6.07 Å². The second kappa shape index (κ2) is 5.01. The Kier molecular flexibility index (Phi) is 3.95. The predicted molar refractivity (Wildman–Crippen MR) is 60.5 cm³/mol. The van der Waals surface area contributed by atoms with Crippen molar-refractivity contribution in [3.63, 3.8) is 0 Å². The van der Waals surface area contributed by atoms with Gasteiger partial charge in [0.25, 0.3) is 0 Å². The number of rotatable bonds is 4. The summed E-state index contributed by atoms with van der Waals surface area (Å²) >= 11 is 0. The summed E-state index contributed by atoms with van der Waals surface area (Å²) in [5.74, 6) is -0.0830.